The summed E-state index contributed by atoms with van der Waals surface area (Å²) in [6.07, 6.45) is 0.481. The minimum atomic E-state index is 0.0669. The number of hydrogen-bond acceptors (Lipinski definition) is 3. The first-order chi connectivity index (χ1) is 12.0. The molecule has 1 aliphatic heterocycles. The normalized spacial score (nSPS) is 19.8. The van der Waals surface area contributed by atoms with Crippen LogP contribution in [-0.2, 0) is 4.79 Å². The minimum absolute atomic E-state index is 0.0669. The second kappa shape index (κ2) is 7.40. The number of nitrogens with zero attached hydrogens (tertiary/aromatic N) is 4. The molecule has 2 atom stereocenters. The van der Waals surface area contributed by atoms with Gasteiger partial charge in [-0.15, -0.1) is 0 Å². The van der Waals surface area contributed by atoms with Crippen LogP contribution in [0.1, 0.15) is 42.4 Å². The zero-order valence-electron chi connectivity index (χ0n) is 15.6. The van der Waals surface area contributed by atoms with Crippen LogP contribution in [0, 0.1) is 13.8 Å². The zero-order chi connectivity index (χ0) is 18.0. The lowest BCUT2D eigenvalue weighted by molar-refractivity contribution is -0.137. The van der Waals surface area contributed by atoms with E-state index >= 15 is 0 Å². The summed E-state index contributed by atoms with van der Waals surface area (Å²) in [6, 6.07) is 12.6. The Hall–Kier alpha value is -2.14. The quantitative estimate of drug-likeness (QED) is 0.859. The van der Waals surface area contributed by atoms with Gasteiger partial charge in [0.2, 0.25) is 5.91 Å². The molecule has 0 spiro atoms. The average Bonchev–Trinajstić information content (AvgIpc) is 2.94. The first-order valence-corrected chi connectivity index (χ1v) is 9.01. The lowest BCUT2D eigenvalue weighted by atomic mass is 10.0. The van der Waals surface area contributed by atoms with Crippen LogP contribution in [0.3, 0.4) is 0 Å². The molecular weight excluding hydrogens is 312 g/mol. The lowest BCUT2D eigenvalue weighted by Gasteiger charge is -2.40. The molecule has 1 aromatic carbocycles. The summed E-state index contributed by atoms with van der Waals surface area (Å²) in [5.41, 5.74) is 3.32. The van der Waals surface area contributed by atoms with E-state index in [1.54, 1.807) is 0 Å². The molecule has 0 radical (unpaired) electrons. The van der Waals surface area contributed by atoms with Gasteiger partial charge in [-0.25, -0.2) is 0 Å². The maximum Gasteiger partial charge on any atom is 0.225 e. The van der Waals surface area contributed by atoms with Gasteiger partial charge in [-0.1, -0.05) is 30.3 Å². The second-order valence-corrected chi connectivity index (χ2v) is 7.20. The lowest BCUT2D eigenvalue weighted by Crippen LogP contribution is -2.49. The van der Waals surface area contributed by atoms with Crippen molar-refractivity contribution in [1.29, 1.82) is 0 Å². The third-order valence-electron chi connectivity index (χ3n) is 5.02. The number of hydrogen-bond donors (Lipinski definition) is 0. The molecule has 0 bridgehead atoms. The highest BCUT2D eigenvalue weighted by Crippen LogP contribution is 2.27. The molecule has 5 heteroatoms. The summed E-state index contributed by atoms with van der Waals surface area (Å²) in [6.45, 7) is 8.69. The van der Waals surface area contributed by atoms with Gasteiger partial charge in [0, 0.05) is 31.7 Å². The number of aryl methyl sites for hydroxylation is 2. The summed E-state index contributed by atoms with van der Waals surface area (Å²) in [5, 5.41) is 4.54. The van der Waals surface area contributed by atoms with Crippen molar-refractivity contribution in [2.45, 2.75) is 39.3 Å². The number of likely N-dealkylation sites (N-methyl/N-ethyl adjacent to an activating group) is 1. The fraction of sp³-hybridized carbons (Fsp3) is 0.500. The number of carbonyl (C=O) groups excluding carboxylic acids is 1. The molecule has 134 valence electrons. The molecule has 3 rings (SSSR count). The summed E-state index contributed by atoms with van der Waals surface area (Å²) in [7, 11) is 2.12. The number of carbonyl (C=O) groups is 1. The van der Waals surface area contributed by atoms with Crippen LogP contribution in [0.4, 0.5) is 0 Å². The van der Waals surface area contributed by atoms with Crippen LogP contribution in [-0.4, -0.2) is 52.2 Å². The van der Waals surface area contributed by atoms with Crippen LogP contribution < -0.4 is 0 Å². The Labute approximate surface area is 150 Å². The smallest absolute Gasteiger partial charge is 0.225 e. The van der Waals surface area contributed by atoms with Crippen molar-refractivity contribution in [1.82, 2.24) is 19.6 Å². The Morgan fingerprint density at radius 1 is 1.24 bits per heavy atom. The third-order valence-corrected chi connectivity index (χ3v) is 5.02. The maximum absolute atomic E-state index is 13.1. The molecular formula is C20H28N4O. The predicted molar refractivity (Wildman–Crippen MR) is 99.4 cm³/mol. The van der Waals surface area contributed by atoms with Crippen molar-refractivity contribution in [2.24, 2.45) is 0 Å². The highest BCUT2D eigenvalue weighted by Gasteiger charge is 2.31. The van der Waals surface area contributed by atoms with Gasteiger partial charge in [0.15, 0.2) is 0 Å². The molecule has 1 amide bonds. The topological polar surface area (TPSA) is 41.4 Å². The van der Waals surface area contributed by atoms with Crippen molar-refractivity contribution >= 4 is 5.91 Å². The molecule has 0 N–H and O–H groups in total. The molecule has 1 fully saturated rings. The Kier molecular flexibility index (Phi) is 5.23. The van der Waals surface area contributed by atoms with Gasteiger partial charge in [0.1, 0.15) is 0 Å². The van der Waals surface area contributed by atoms with Crippen LogP contribution in [0.15, 0.2) is 36.4 Å². The van der Waals surface area contributed by atoms with Crippen LogP contribution >= 0.6 is 0 Å². The van der Waals surface area contributed by atoms with Crippen molar-refractivity contribution in [3.05, 3.63) is 53.3 Å². The highest BCUT2D eigenvalue weighted by atomic mass is 16.2. The van der Waals surface area contributed by atoms with E-state index in [0.29, 0.717) is 6.42 Å². The Morgan fingerprint density at radius 2 is 1.96 bits per heavy atom. The number of rotatable bonds is 4. The zero-order valence-corrected chi connectivity index (χ0v) is 15.6. The van der Waals surface area contributed by atoms with Crippen molar-refractivity contribution in [3.63, 3.8) is 0 Å². The summed E-state index contributed by atoms with van der Waals surface area (Å²) >= 11 is 0. The van der Waals surface area contributed by atoms with Gasteiger partial charge < -0.3 is 9.80 Å². The molecule has 1 aromatic heterocycles. The first kappa shape index (κ1) is 17.7. The van der Waals surface area contributed by atoms with Gasteiger partial charge in [0.05, 0.1) is 17.8 Å². The molecule has 0 unspecified atom stereocenters. The van der Waals surface area contributed by atoms with Gasteiger partial charge >= 0.3 is 0 Å². The van der Waals surface area contributed by atoms with Crippen molar-refractivity contribution < 1.29 is 4.79 Å². The average molecular weight is 340 g/mol. The highest BCUT2D eigenvalue weighted by molar-refractivity contribution is 5.77. The van der Waals surface area contributed by atoms with Gasteiger partial charge in [-0.2, -0.15) is 5.10 Å². The molecule has 2 heterocycles. The minimum Gasteiger partial charge on any atom is -0.333 e. The van der Waals surface area contributed by atoms with E-state index in [2.05, 4.69) is 47.1 Å². The van der Waals surface area contributed by atoms with E-state index in [0.717, 1.165) is 31.0 Å². The van der Waals surface area contributed by atoms with Crippen molar-refractivity contribution in [2.75, 3.05) is 26.7 Å². The molecule has 0 aliphatic carbocycles. The van der Waals surface area contributed by atoms with E-state index in [1.807, 2.05) is 36.7 Å². The third kappa shape index (κ3) is 3.93. The largest absolute Gasteiger partial charge is 0.333 e. The van der Waals surface area contributed by atoms with E-state index in [-0.39, 0.29) is 18.0 Å². The molecule has 5 nitrogen and oxygen atoms in total. The molecule has 25 heavy (non-hydrogen) atoms. The van der Waals surface area contributed by atoms with E-state index in [1.165, 1.54) is 5.56 Å². The first-order valence-electron chi connectivity index (χ1n) is 9.01. The predicted octanol–water partition coefficient (Wildman–Crippen LogP) is 2.97. The summed E-state index contributed by atoms with van der Waals surface area (Å²) < 4.78 is 1.97. The van der Waals surface area contributed by atoms with Gasteiger partial charge in [-0.05, 0) is 39.4 Å². The fourth-order valence-corrected chi connectivity index (χ4v) is 3.73. The molecule has 2 aromatic rings. The summed E-state index contributed by atoms with van der Waals surface area (Å²) in [5.74, 6) is 0.210. The molecule has 1 saturated heterocycles. The maximum atomic E-state index is 13.1. The molecule has 1 aliphatic rings. The van der Waals surface area contributed by atoms with E-state index in [9.17, 15) is 4.79 Å². The number of aromatic nitrogens is 2. The monoisotopic (exact) mass is 340 g/mol. The fourth-order valence-electron chi connectivity index (χ4n) is 3.73. The Bertz CT molecular complexity index is 725. The van der Waals surface area contributed by atoms with E-state index < -0.39 is 0 Å². The summed E-state index contributed by atoms with van der Waals surface area (Å²) in [4.78, 5) is 17.4. The van der Waals surface area contributed by atoms with Crippen LogP contribution in [0.25, 0.3) is 0 Å². The SMILES string of the molecule is Cc1cc(C)n([C@H](C)CC(=O)N2CCN(C)C[C@H]2c2ccccc2)n1. The second-order valence-electron chi connectivity index (χ2n) is 7.20. The standard InChI is InChI=1S/C20H28N4O/c1-15-12-16(2)24(21-15)17(3)13-20(25)23-11-10-22(4)14-19(23)18-8-6-5-7-9-18/h5-9,12,17,19H,10-11,13-14H2,1-4H3/t17-,19+/m1/s1. The van der Waals surface area contributed by atoms with Crippen LogP contribution in [0.5, 0.6) is 0 Å². The van der Waals surface area contributed by atoms with Gasteiger partial charge in [0.25, 0.3) is 0 Å². The number of amides is 1. The Balaban J connectivity index is 1.76. The number of benzene rings is 1. The molecule has 0 saturated carbocycles. The van der Waals surface area contributed by atoms with Gasteiger partial charge in [-0.3, -0.25) is 9.48 Å². The van der Waals surface area contributed by atoms with Crippen LogP contribution in [0.2, 0.25) is 0 Å². The van der Waals surface area contributed by atoms with E-state index in [4.69, 9.17) is 0 Å². The van der Waals surface area contributed by atoms with Crippen molar-refractivity contribution in [3.8, 4) is 0 Å². The Morgan fingerprint density at radius 3 is 2.60 bits per heavy atom. The number of piperazine rings is 1.